The van der Waals surface area contributed by atoms with Crippen LogP contribution in [0.3, 0.4) is 0 Å². The number of ketones is 2. The minimum Gasteiger partial charge on any atom is -0.295 e. The van der Waals surface area contributed by atoms with Crippen molar-refractivity contribution in [1.82, 2.24) is 0 Å². The third-order valence-electron chi connectivity index (χ3n) is 1.84. The first-order valence-electron chi connectivity index (χ1n) is 4.84. The van der Waals surface area contributed by atoms with E-state index >= 15 is 0 Å². The first kappa shape index (κ1) is 11.9. The van der Waals surface area contributed by atoms with Crippen LogP contribution >= 0.6 is 11.3 Å². The molecule has 2 nitrogen and oxygen atoms in total. The Bertz CT molecular complexity index is 370. The third-order valence-corrected chi connectivity index (χ3v) is 2.76. The lowest BCUT2D eigenvalue weighted by Crippen LogP contribution is -2.01. The van der Waals surface area contributed by atoms with E-state index in [0.717, 1.165) is 10.5 Å². The Labute approximate surface area is 93.6 Å². The van der Waals surface area contributed by atoms with E-state index in [4.69, 9.17) is 0 Å². The van der Waals surface area contributed by atoms with Crippen molar-refractivity contribution in [2.24, 2.45) is 0 Å². The van der Waals surface area contributed by atoms with Gasteiger partial charge in [-0.05, 0) is 31.4 Å². The zero-order valence-electron chi connectivity index (χ0n) is 8.95. The number of rotatable bonds is 5. The summed E-state index contributed by atoms with van der Waals surface area (Å²) in [5.41, 5.74) is 0.976. The fourth-order valence-electron chi connectivity index (χ4n) is 1.19. The van der Waals surface area contributed by atoms with Crippen molar-refractivity contribution in [3.05, 3.63) is 34.0 Å². The highest BCUT2D eigenvalue weighted by Gasteiger charge is 2.08. The highest BCUT2D eigenvalue weighted by atomic mass is 32.1. The van der Waals surface area contributed by atoms with Crippen LogP contribution in [0.4, 0.5) is 0 Å². The molecule has 0 unspecified atom stereocenters. The highest BCUT2D eigenvalue weighted by Crippen LogP contribution is 2.12. The van der Waals surface area contributed by atoms with E-state index in [1.807, 2.05) is 25.3 Å². The van der Waals surface area contributed by atoms with Gasteiger partial charge < -0.3 is 0 Å². The van der Waals surface area contributed by atoms with Gasteiger partial charge >= 0.3 is 0 Å². The van der Waals surface area contributed by atoms with Crippen LogP contribution in [-0.2, 0) is 4.79 Å². The smallest absolute Gasteiger partial charge is 0.173 e. The fourth-order valence-corrected chi connectivity index (χ4v) is 1.89. The van der Waals surface area contributed by atoms with Crippen molar-refractivity contribution in [2.75, 3.05) is 0 Å². The fraction of sp³-hybridized carbons (Fsp3) is 0.333. The molecular weight excluding hydrogens is 208 g/mol. The molecule has 0 saturated carbocycles. The number of hydrogen-bond acceptors (Lipinski definition) is 3. The number of allylic oxidation sites excluding steroid dienone is 2. The normalized spacial score (nSPS) is 9.73. The van der Waals surface area contributed by atoms with Gasteiger partial charge in [-0.3, -0.25) is 9.59 Å². The molecular formula is C12H14O2S. The second-order valence-corrected chi connectivity index (χ2v) is 4.54. The number of hydrogen-bond donors (Lipinski definition) is 0. The molecule has 0 aliphatic heterocycles. The van der Waals surface area contributed by atoms with Crippen LogP contribution in [-0.4, -0.2) is 11.6 Å². The largest absolute Gasteiger partial charge is 0.295 e. The minimum atomic E-state index is 0.0277. The van der Waals surface area contributed by atoms with Gasteiger partial charge in [-0.2, -0.15) is 0 Å². The zero-order valence-corrected chi connectivity index (χ0v) is 9.76. The summed E-state index contributed by atoms with van der Waals surface area (Å²) in [7, 11) is 0. The second-order valence-electron chi connectivity index (χ2n) is 3.59. The van der Waals surface area contributed by atoms with Crippen LogP contribution in [0.1, 0.15) is 36.4 Å². The maximum absolute atomic E-state index is 11.5. The molecule has 0 radical (unpaired) electrons. The van der Waals surface area contributed by atoms with Crippen LogP contribution < -0.4 is 0 Å². The van der Waals surface area contributed by atoms with Crippen molar-refractivity contribution in [1.29, 1.82) is 0 Å². The van der Waals surface area contributed by atoms with Crippen LogP contribution in [0.5, 0.6) is 0 Å². The van der Waals surface area contributed by atoms with Gasteiger partial charge in [0, 0.05) is 12.8 Å². The predicted molar refractivity (Wildman–Crippen MR) is 62.3 cm³/mol. The summed E-state index contributed by atoms with van der Waals surface area (Å²) < 4.78 is 0. The lowest BCUT2D eigenvalue weighted by molar-refractivity contribution is -0.114. The second kappa shape index (κ2) is 5.61. The van der Waals surface area contributed by atoms with Crippen LogP contribution in [0.15, 0.2) is 29.2 Å². The molecule has 80 valence electrons. The molecule has 1 aromatic rings. The maximum atomic E-state index is 11.5. The summed E-state index contributed by atoms with van der Waals surface area (Å²) in [6.07, 6.45) is 2.20. The average Bonchev–Trinajstić information content (AvgIpc) is 2.65. The van der Waals surface area contributed by atoms with Gasteiger partial charge in [0.1, 0.15) is 0 Å². The Kier molecular flexibility index (Phi) is 4.43. The van der Waals surface area contributed by atoms with E-state index in [1.165, 1.54) is 11.3 Å². The predicted octanol–water partition coefficient (Wildman–Crippen LogP) is 3.25. The van der Waals surface area contributed by atoms with Crippen molar-refractivity contribution < 1.29 is 9.59 Å². The van der Waals surface area contributed by atoms with Crippen molar-refractivity contribution in [2.45, 2.75) is 26.7 Å². The van der Waals surface area contributed by atoms with Crippen LogP contribution in [0.2, 0.25) is 0 Å². The van der Waals surface area contributed by atoms with E-state index in [1.54, 1.807) is 12.1 Å². The maximum Gasteiger partial charge on any atom is 0.173 e. The van der Waals surface area contributed by atoms with E-state index in [2.05, 4.69) is 0 Å². The first-order valence-corrected chi connectivity index (χ1v) is 5.72. The van der Waals surface area contributed by atoms with Gasteiger partial charge in [0.05, 0.1) is 4.88 Å². The van der Waals surface area contributed by atoms with Crippen LogP contribution in [0.25, 0.3) is 0 Å². The molecule has 0 saturated heterocycles. The van der Waals surface area contributed by atoms with Crippen molar-refractivity contribution in [3.8, 4) is 0 Å². The van der Waals surface area contributed by atoms with Gasteiger partial charge in [-0.1, -0.05) is 11.6 Å². The molecule has 0 aromatic carbocycles. The lowest BCUT2D eigenvalue weighted by Gasteiger charge is -1.95. The summed E-state index contributed by atoms with van der Waals surface area (Å²) >= 11 is 1.42. The summed E-state index contributed by atoms with van der Waals surface area (Å²) in [5, 5.41) is 1.87. The van der Waals surface area contributed by atoms with E-state index in [0.29, 0.717) is 12.8 Å². The molecule has 0 spiro atoms. The van der Waals surface area contributed by atoms with Gasteiger partial charge in [-0.15, -0.1) is 11.3 Å². The van der Waals surface area contributed by atoms with Gasteiger partial charge in [0.15, 0.2) is 11.6 Å². The van der Waals surface area contributed by atoms with E-state index < -0.39 is 0 Å². The molecule has 0 fully saturated rings. The average molecular weight is 222 g/mol. The third kappa shape index (κ3) is 4.21. The number of Topliss-reactive ketones (excluding diaryl/α,β-unsaturated/α-hetero) is 1. The Morgan fingerprint density at radius 3 is 2.60 bits per heavy atom. The quantitative estimate of drug-likeness (QED) is 0.566. The topological polar surface area (TPSA) is 34.1 Å². The molecule has 1 rings (SSSR count). The standard InChI is InChI=1S/C12H14O2S/c1-9(2)8-10(13)5-6-11(14)12-4-3-7-15-12/h3-4,7-8H,5-6H2,1-2H3. The summed E-state index contributed by atoms with van der Waals surface area (Å²) in [6, 6.07) is 3.63. The highest BCUT2D eigenvalue weighted by molar-refractivity contribution is 7.12. The molecule has 0 amide bonds. The molecule has 3 heteroatoms. The molecule has 0 N–H and O–H groups in total. The number of carbonyl (C=O) groups is 2. The molecule has 0 aliphatic carbocycles. The van der Waals surface area contributed by atoms with Crippen LogP contribution in [0, 0.1) is 0 Å². The molecule has 15 heavy (non-hydrogen) atoms. The van der Waals surface area contributed by atoms with Crippen molar-refractivity contribution in [3.63, 3.8) is 0 Å². The van der Waals surface area contributed by atoms with Gasteiger partial charge in [0.2, 0.25) is 0 Å². The Balaban J connectivity index is 2.42. The number of thiophene rings is 1. The van der Waals surface area contributed by atoms with E-state index in [-0.39, 0.29) is 11.6 Å². The van der Waals surface area contributed by atoms with E-state index in [9.17, 15) is 9.59 Å². The summed E-state index contributed by atoms with van der Waals surface area (Å²) in [4.78, 5) is 23.6. The monoisotopic (exact) mass is 222 g/mol. The Hall–Kier alpha value is -1.22. The van der Waals surface area contributed by atoms with Gasteiger partial charge in [0.25, 0.3) is 0 Å². The molecule has 0 atom stereocenters. The zero-order chi connectivity index (χ0) is 11.3. The Morgan fingerprint density at radius 1 is 1.33 bits per heavy atom. The lowest BCUT2D eigenvalue weighted by atomic mass is 10.1. The molecule has 0 aliphatic rings. The molecule has 0 bridgehead atoms. The SMILES string of the molecule is CC(C)=CC(=O)CCC(=O)c1cccs1. The van der Waals surface area contributed by atoms with Crippen molar-refractivity contribution >= 4 is 22.9 Å². The minimum absolute atomic E-state index is 0.0277. The van der Waals surface area contributed by atoms with Gasteiger partial charge in [-0.25, -0.2) is 0 Å². The summed E-state index contributed by atoms with van der Waals surface area (Å²) in [6.45, 7) is 3.75. The number of carbonyl (C=O) groups excluding carboxylic acids is 2. The molecule has 1 heterocycles. The molecule has 1 aromatic heterocycles. The Morgan fingerprint density at radius 2 is 2.07 bits per heavy atom. The first-order chi connectivity index (χ1) is 7.09. The summed E-state index contributed by atoms with van der Waals surface area (Å²) in [5.74, 6) is 0.0837.